The fourth-order valence-electron chi connectivity index (χ4n) is 3.25. The van der Waals surface area contributed by atoms with E-state index in [0.29, 0.717) is 22.7 Å². The summed E-state index contributed by atoms with van der Waals surface area (Å²) in [6.45, 7) is 3.01. The number of hydrogen-bond donors (Lipinski definition) is 2. The van der Waals surface area contributed by atoms with Crippen LogP contribution in [0.3, 0.4) is 0 Å². The summed E-state index contributed by atoms with van der Waals surface area (Å²) in [5.74, 6) is -0.117. The van der Waals surface area contributed by atoms with E-state index in [1.807, 2.05) is 0 Å². The minimum atomic E-state index is -4.03. The molecule has 0 fully saturated rings. The Hall–Kier alpha value is -3.85. The highest BCUT2D eigenvalue weighted by molar-refractivity contribution is 7.92. The molecule has 0 atom stereocenters. The zero-order chi connectivity index (χ0) is 24.2. The van der Waals surface area contributed by atoms with Crippen LogP contribution in [-0.4, -0.2) is 34.4 Å². The van der Waals surface area contributed by atoms with E-state index in [9.17, 15) is 18.0 Å². The lowest BCUT2D eigenvalue weighted by atomic mass is 10.1. The fraction of sp³-hybridized carbons (Fsp3) is 0.167. The van der Waals surface area contributed by atoms with Crippen molar-refractivity contribution in [3.8, 4) is 5.75 Å². The summed E-state index contributed by atoms with van der Waals surface area (Å²) in [5.41, 5.74) is 1.82. The van der Waals surface area contributed by atoms with Crippen LogP contribution in [0.15, 0.2) is 71.6 Å². The Morgan fingerprint density at radius 3 is 2.18 bits per heavy atom. The van der Waals surface area contributed by atoms with Crippen LogP contribution in [0.4, 0.5) is 17.1 Å². The number of ether oxygens (including phenoxy) is 1. The lowest BCUT2D eigenvalue weighted by Crippen LogP contribution is -2.29. The Bertz CT molecular complexity index is 1290. The van der Waals surface area contributed by atoms with E-state index in [1.165, 1.54) is 20.0 Å². The van der Waals surface area contributed by atoms with Crippen molar-refractivity contribution in [1.29, 1.82) is 0 Å². The van der Waals surface area contributed by atoms with Gasteiger partial charge in [-0.05, 0) is 61.0 Å². The summed E-state index contributed by atoms with van der Waals surface area (Å²) in [7, 11) is -1.10. The van der Waals surface area contributed by atoms with Gasteiger partial charge in [-0.2, -0.15) is 0 Å². The number of anilines is 3. The summed E-state index contributed by atoms with van der Waals surface area (Å²) >= 11 is 0. The van der Waals surface area contributed by atoms with Crippen LogP contribution in [0.2, 0.25) is 0 Å². The highest BCUT2D eigenvalue weighted by Crippen LogP contribution is 2.29. The van der Waals surface area contributed by atoms with Crippen LogP contribution in [0.5, 0.6) is 5.75 Å². The smallest absolute Gasteiger partial charge is 0.264 e. The van der Waals surface area contributed by atoms with E-state index in [-0.39, 0.29) is 22.1 Å². The molecular weight excluding hydrogens is 442 g/mol. The molecule has 0 spiro atoms. The molecule has 0 aliphatic heterocycles. The zero-order valence-corrected chi connectivity index (χ0v) is 19.6. The van der Waals surface area contributed by atoms with E-state index < -0.39 is 15.9 Å². The lowest BCUT2D eigenvalue weighted by molar-refractivity contribution is -0.114. The SMILES string of the molecule is COc1ccc(NC(=O)c2ccccc2N(C)S(=O)(=O)c2cc(NC(C)=O)ccc2C)cc1. The Balaban J connectivity index is 1.95. The zero-order valence-electron chi connectivity index (χ0n) is 18.7. The number of hydrogen-bond acceptors (Lipinski definition) is 5. The fourth-order valence-corrected chi connectivity index (χ4v) is 4.71. The minimum absolute atomic E-state index is 0.0293. The standard InChI is InChI=1S/C24H25N3O5S/c1-16-9-10-19(25-17(2)28)15-23(16)33(30,31)27(3)22-8-6-5-7-21(22)24(29)26-18-11-13-20(32-4)14-12-18/h5-15H,1-4H3,(H,25,28)(H,26,29). The maximum atomic E-state index is 13.5. The number of benzene rings is 3. The quantitative estimate of drug-likeness (QED) is 0.546. The van der Waals surface area contributed by atoms with Gasteiger partial charge in [0.15, 0.2) is 0 Å². The molecule has 0 aliphatic carbocycles. The number of rotatable bonds is 7. The normalized spacial score (nSPS) is 10.9. The number of nitrogens with one attached hydrogen (secondary N) is 2. The molecule has 0 heterocycles. The summed E-state index contributed by atoms with van der Waals surface area (Å²) in [6.07, 6.45) is 0. The predicted molar refractivity (Wildman–Crippen MR) is 128 cm³/mol. The number of amides is 2. The van der Waals surface area contributed by atoms with Gasteiger partial charge < -0.3 is 15.4 Å². The molecule has 3 rings (SSSR count). The molecule has 172 valence electrons. The largest absolute Gasteiger partial charge is 0.497 e. The second kappa shape index (κ2) is 9.74. The molecule has 2 amide bonds. The molecule has 3 aromatic rings. The lowest BCUT2D eigenvalue weighted by Gasteiger charge is -2.23. The first kappa shape index (κ1) is 23.8. The van der Waals surface area contributed by atoms with Gasteiger partial charge in [0.2, 0.25) is 5.91 Å². The van der Waals surface area contributed by atoms with Gasteiger partial charge in [0.05, 0.1) is 23.3 Å². The summed E-state index contributed by atoms with van der Waals surface area (Å²) in [5, 5.41) is 5.37. The summed E-state index contributed by atoms with van der Waals surface area (Å²) in [4.78, 5) is 24.4. The highest BCUT2D eigenvalue weighted by atomic mass is 32.2. The van der Waals surface area contributed by atoms with E-state index in [1.54, 1.807) is 74.7 Å². The third-order valence-corrected chi connectivity index (χ3v) is 6.90. The van der Waals surface area contributed by atoms with Gasteiger partial charge >= 0.3 is 0 Å². The highest BCUT2D eigenvalue weighted by Gasteiger charge is 2.27. The number of carbonyl (C=O) groups is 2. The maximum Gasteiger partial charge on any atom is 0.264 e. The maximum absolute atomic E-state index is 13.5. The van der Waals surface area contributed by atoms with Crippen LogP contribution in [0.1, 0.15) is 22.8 Å². The average Bonchev–Trinajstić information content (AvgIpc) is 2.79. The van der Waals surface area contributed by atoms with Crippen molar-refractivity contribution in [2.45, 2.75) is 18.7 Å². The molecule has 9 heteroatoms. The average molecular weight is 468 g/mol. The van der Waals surface area contributed by atoms with Crippen LogP contribution < -0.4 is 19.7 Å². The van der Waals surface area contributed by atoms with Crippen LogP contribution in [-0.2, 0) is 14.8 Å². The molecule has 0 saturated carbocycles. The molecule has 0 radical (unpaired) electrons. The van der Waals surface area contributed by atoms with Crippen molar-refractivity contribution in [3.05, 3.63) is 77.9 Å². The number of sulfonamides is 1. The second-order valence-corrected chi connectivity index (χ2v) is 9.27. The summed E-state index contributed by atoms with van der Waals surface area (Å²) < 4.78 is 33.1. The van der Waals surface area contributed by atoms with Crippen molar-refractivity contribution < 1.29 is 22.7 Å². The van der Waals surface area contributed by atoms with Gasteiger partial charge in [-0.1, -0.05) is 18.2 Å². The van der Waals surface area contributed by atoms with Gasteiger partial charge in [0, 0.05) is 25.3 Å². The molecule has 2 N–H and O–H groups in total. The molecule has 3 aromatic carbocycles. The Morgan fingerprint density at radius 2 is 1.55 bits per heavy atom. The van der Waals surface area contributed by atoms with E-state index in [2.05, 4.69) is 10.6 Å². The minimum Gasteiger partial charge on any atom is -0.497 e. The number of para-hydroxylation sites is 1. The van der Waals surface area contributed by atoms with Gasteiger partial charge in [-0.3, -0.25) is 13.9 Å². The number of carbonyl (C=O) groups excluding carboxylic acids is 2. The van der Waals surface area contributed by atoms with Crippen molar-refractivity contribution in [2.75, 3.05) is 29.1 Å². The molecule has 33 heavy (non-hydrogen) atoms. The first-order valence-electron chi connectivity index (χ1n) is 10.0. The van der Waals surface area contributed by atoms with E-state index >= 15 is 0 Å². The number of nitrogens with zero attached hydrogens (tertiary/aromatic N) is 1. The van der Waals surface area contributed by atoms with Crippen LogP contribution in [0.25, 0.3) is 0 Å². The Morgan fingerprint density at radius 1 is 0.909 bits per heavy atom. The van der Waals surface area contributed by atoms with Crippen molar-refractivity contribution >= 4 is 38.9 Å². The Labute approximate surface area is 193 Å². The molecular formula is C24H25N3O5S. The van der Waals surface area contributed by atoms with Crippen molar-refractivity contribution in [3.63, 3.8) is 0 Å². The third-order valence-electron chi connectivity index (χ3n) is 4.98. The third kappa shape index (κ3) is 5.32. The second-order valence-electron chi connectivity index (χ2n) is 7.33. The molecule has 0 aromatic heterocycles. The number of aryl methyl sites for hydroxylation is 1. The molecule has 0 bridgehead atoms. The van der Waals surface area contributed by atoms with Crippen LogP contribution >= 0.6 is 0 Å². The molecule has 0 unspecified atom stereocenters. The predicted octanol–water partition coefficient (Wildman–Crippen LogP) is 4.04. The van der Waals surface area contributed by atoms with Crippen molar-refractivity contribution in [1.82, 2.24) is 0 Å². The van der Waals surface area contributed by atoms with Gasteiger partial charge in [0.1, 0.15) is 5.75 Å². The van der Waals surface area contributed by atoms with Crippen molar-refractivity contribution in [2.24, 2.45) is 0 Å². The van der Waals surface area contributed by atoms with Gasteiger partial charge in [-0.15, -0.1) is 0 Å². The van der Waals surface area contributed by atoms with Gasteiger partial charge in [0.25, 0.3) is 15.9 Å². The Kier molecular flexibility index (Phi) is 7.03. The monoisotopic (exact) mass is 467 g/mol. The van der Waals surface area contributed by atoms with Crippen LogP contribution in [0, 0.1) is 6.92 Å². The van der Waals surface area contributed by atoms with E-state index in [4.69, 9.17) is 4.74 Å². The van der Waals surface area contributed by atoms with Gasteiger partial charge in [-0.25, -0.2) is 8.42 Å². The molecule has 0 saturated heterocycles. The summed E-state index contributed by atoms with van der Waals surface area (Å²) in [6, 6.07) is 17.9. The first-order chi connectivity index (χ1) is 15.6. The number of methoxy groups -OCH3 is 1. The molecule has 0 aliphatic rings. The molecule has 8 nitrogen and oxygen atoms in total. The van der Waals surface area contributed by atoms with E-state index in [0.717, 1.165) is 4.31 Å². The topological polar surface area (TPSA) is 105 Å². The first-order valence-corrected chi connectivity index (χ1v) is 11.5.